The summed E-state index contributed by atoms with van der Waals surface area (Å²) in [5.41, 5.74) is 0. The van der Waals surface area contributed by atoms with Gasteiger partial charge in [0.25, 0.3) is 0 Å². The van der Waals surface area contributed by atoms with Gasteiger partial charge in [-0.1, -0.05) is 32.4 Å². The van der Waals surface area contributed by atoms with E-state index in [9.17, 15) is 9.90 Å². The molecule has 0 aliphatic heterocycles. The molecule has 0 aromatic rings. The minimum Gasteiger partial charge on any atom is -0.859 e. The first-order valence-electron chi connectivity index (χ1n) is 5.44. The number of quaternary nitrogens is 1. The molecule has 0 spiro atoms. The molecule has 0 unspecified atom stereocenters. The predicted molar refractivity (Wildman–Crippen MR) is 85.2 cm³/mol. The van der Waals surface area contributed by atoms with Gasteiger partial charge in [0, 0.05) is 6.08 Å². The summed E-state index contributed by atoms with van der Waals surface area (Å²) in [6.45, 7) is 15.4. The quantitative estimate of drug-likeness (QED) is 0.257. The van der Waals surface area contributed by atoms with Crippen LogP contribution in [0, 0.1) is 5.41 Å². The lowest BCUT2D eigenvalue weighted by Crippen LogP contribution is -2.39. The average molecular weight is 305 g/mol. The van der Waals surface area contributed by atoms with Crippen molar-refractivity contribution in [2.45, 2.75) is 0 Å². The van der Waals surface area contributed by atoms with Crippen molar-refractivity contribution < 1.29 is 19.5 Å². The molecule has 0 aromatic carbocycles. The number of halogens is 1. The second kappa shape index (κ2) is 17.2. The predicted octanol–water partition coefficient (Wildman–Crippen LogP) is 1.62. The number of carboxylic acids is 1. The van der Waals surface area contributed by atoms with E-state index in [1.807, 2.05) is 12.2 Å². The van der Waals surface area contributed by atoms with Crippen molar-refractivity contribution in [3.63, 3.8) is 0 Å². The minimum absolute atomic E-state index is 0. The van der Waals surface area contributed by atoms with Gasteiger partial charge in [0.15, 0.2) is 0 Å². The van der Waals surface area contributed by atoms with Crippen molar-refractivity contribution in [2.24, 2.45) is 0 Å². The Bertz CT molecular complexity index is 296. The van der Waals surface area contributed by atoms with Gasteiger partial charge in [0.05, 0.1) is 27.2 Å². The lowest BCUT2D eigenvalue weighted by molar-refractivity contribution is -0.878. The normalized spacial score (nSPS) is 8.10. The van der Waals surface area contributed by atoms with E-state index in [2.05, 4.69) is 40.4 Å². The van der Waals surface area contributed by atoms with Gasteiger partial charge in [-0.2, -0.15) is 0 Å². The van der Waals surface area contributed by atoms with Gasteiger partial charge in [0.1, 0.15) is 0 Å². The summed E-state index contributed by atoms with van der Waals surface area (Å²) in [4.78, 5) is 9.25. The van der Waals surface area contributed by atoms with Crippen LogP contribution in [0.4, 0.5) is 0 Å². The summed E-state index contributed by atoms with van der Waals surface area (Å²) < 4.78 is 0.951. The van der Waals surface area contributed by atoms with Gasteiger partial charge in [-0.25, -0.2) is 4.79 Å². The summed E-state index contributed by atoms with van der Waals surface area (Å²) >= 11 is 0. The number of hydrogen-bond donors (Lipinski definition) is 2. The zero-order valence-electron chi connectivity index (χ0n) is 12.2. The molecule has 5 nitrogen and oxygen atoms in total. The van der Waals surface area contributed by atoms with E-state index in [0.29, 0.717) is 0 Å². The third kappa shape index (κ3) is 36.0. The fourth-order valence-corrected chi connectivity index (χ4v) is 0.774. The first-order chi connectivity index (χ1) is 8.66. The molecule has 0 atom stereocenters. The van der Waals surface area contributed by atoms with Gasteiger partial charge < -0.3 is 20.1 Å². The summed E-state index contributed by atoms with van der Waals surface area (Å²) in [6, 6.07) is 0. The smallest absolute Gasteiger partial charge is 0.327 e. The molecule has 0 amide bonds. The number of nitrogens with one attached hydrogen (secondary N) is 1. The monoisotopic (exact) mass is 304 g/mol. The average Bonchev–Trinajstić information content (AvgIpc) is 2.30. The van der Waals surface area contributed by atoms with Gasteiger partial charge in [0.2, 0.25) is 0 Å². The lowest BCUT2D eigenvalue weighted by atomic mass is 10.4. The Hall–Kier alpha value is -1.85. The fraction of sp³-hybridized carbons (Fsp3) is 0.286. The number of nitrogens with zero attached hydrogens (tertiary/aromatic N) is 1. The van der Waals surface area contributed by atoms with Crippen LogP contribution in [0.15, 0.2) is 50.6 Å². The molecule has 116 valence electrons. The third-order valence-electron chi connectivity index (χ3n) is 1.61. The first-order valence-corrected chi connectivity index (χ1v) is 5.44. The maximum Gasteiger partial charge on any atom is 0.327 e. The van der Waals surface area contributed by atoms with Crippen LogP contribution in [0.5, 0.6) is 0 Å². The maximum atomic E-state index is 9.36. The number of hydrogen-bond acceptors (Lipinski definition) is 3. The standard InChI is InChI=1S/C8H16N.C3H5NO.C3H4O2.ClH/c1-5-7-9(3,4)8-6-2;2*1-2-3(4)5;/h5-6H,1-2,7-8H2,3-4H3;2H,1H2,(H2,4,5);2H,1H2,(H,4,5);1H/q+1;;;/p-1. The molecule has 0 aromatic heterocycles. The summed E-state index contributed by atoms with van der Waals surface area (Å²) in [7, 11) is 4.31. The van der Waals surface area contributed by atoms with Gasteiger partial charge >= 0.3 is 5.97 Å². The summed E-state index contributed by atoms with van der Waals surface area (Å²) in [6.07, 6.45) is 5.65. The molecule has 0 saturated carbocycles. The Labute approximate surface area is 127 Å². The minimum atomic E-state index is -0.981. The topological polar surface area (TPSA) is 84.2 Å². The summed E-state index contributed by atoms with van der Waals surface area (Å²) in [5.74, 6) is -1.71. The van der Waals surface area contributed by atoms with Crippen LogP contribution in [-0.4, -0.2) is 48.6 Å². The molecule has 0 aliphatic rings. The molecular weight excluding hydrogens is 280 g/mol. The molecule has 0 saturated heterocycles. The van der Waals surface area contributed by atoms with Crippen LogP contribution in [0.1, 0.15) is 0 Å². The number of carbonyl (C=O) groups is 1. The Morgan fingerprint density at radius 1 is 1.15 bits per heavy atom. The Balaban J connectivity index is -0.000000101. The highest BCUT2D eigenvalue weighted by Gasteiger charge is 2.07. The molecule has 0 heterocycles. The van der Waals surface area contributed by atoms with E-state index in [1.165, 1.54) is 0 Å². The molecule has 0 bridgehead atoms. The van der Waals surface area contributed by atoms with E-state index in [4.69, 9.17) is 10.5 Å². The zero-order chi connectivity index (χ0) is 15.9. The second-order valence-electron chi connectivity index (χ2n) is 3.99. The van der Waals surface area contributed by atoms with E-state index in [1.54, 1.807) is 0 Å². The van der Waals surface area contributed by atoms with Crippen molar-refractivity contribution in [1.29, 1.82) is 5.41 Å². The zero-order valence-corrected chi connectivity index (χ0v) is 13.0. The number of carboxylic acid groups (broad SMARTS) is 1. The largest absolute Gasteiger partial charge is 0.859 e. The van der Waals surface area contributed by atoms with Crippen molar-refractivity contribution in [3.8, 4) is 0 Å². The van der Waals surface area contributed by atoms with Crippen LogP contribution in [0.3, 0.4) is 0 Å². The molecule has 0 aliphatic carbocycles. The molecular formula is C14H25ClN2O3. The van der Waals surface area contributed by atoms with Crippen molar-refractivity contribution >= 4 is 24.3 Å². The SMILES string of the molecule is C=CC(=N)[O-].C=CC(=O)O.C=CC[N+](C)(C)CC=C.Cl. The summed E-state index contributed by atoms with van der Waals surface area (Å²) in [5, 5.41) is 23.0. The highest BCUT2D eigenvalue weighted by Crippen LogP contribution is 1.95. The van der Waals surface area contributed by atoms with E-state index < -0.39 is 11.9 Å². The Morgan fingerprint density at radius 3 is 1.50 bits per heavy atom. The van der Waals surface area contributed by atoms with Crippen LogP contribution >= 0.6 is 12.4 Å². The second-order valence-corrected chi connectivity index (χ2v) is 3.99. The van der Waals surface area contributed by atoms with Crippen LogP contribution in [0.2, 0.25) is 0 Å². The number of aliphatic carboxylic acids is 1. The molecule has 20 heavy (non-hydrogen) atoms. The Morgan fingerprint density at radius 2 is 1.40 bits per heavy atom. The van der Waals surface area contributed by atoms with E-state index in [0.717, 1.165) is 29.7 Å². The van der Waals surface area contributed by atoms with Gasteiger partial charge in [-0.15, -0.1) is 12.4 Å². The van der Waals surface area contributed by atoms with Crippen LogP contribution in [0.25, 0.3) is 0 Å². The maximum absolute atomic E-state index is 9.36. The molecule has 0 fully saturated rings. The number of rotatable bonds is 6. The van der Waals surface area contributed by atoms with E-state index >= 15 is 0 Å². The van der Waals surface area contributed by atoms with Gasteiger partial charge in [-0.3, -0.25) is 0 Å². The molecule has 6 heteroatoms. The molecule has 0 rings (SSSR count). The molecule has 2 N–H and O–H groups in total. The number of likely N-dealkylation sites (N-methyl/N-ethyl adjacent to an activating group) is 1. The van der Waals surface area contributed by atoms with Crippen LogP contribution < -0.4 is 5.11 Å². The van der Waals surface area contributed by atoms with Crippen molar-refractivity contribution in [1.82, 2.24) is 0 Å². The van der Waals surface area contributed by atoms with Gasteiger partial charge in [-0.05, 0) is 18.0 Å². The third-order valence-corrected chi connectivity index (χ3v) is 1.61. The lowest BCUT2D eigenvalue weighted by Gasteiger charge is -2.26. The Kier molecular flexibility index (Phi) is 22.9. The first kappa shape index (κ1) is 26.7. The molecule has 0 radical (unpaired) electrons. The van der Waals surface area contributed by atoms with Crippen molar-refractivity contribution in [3.05, 3.63) is 50.6 Å². The fourth-order valence-electron chi connectivity index (χ4n) is 0.774. The highest BCUT2D eigenvalue weighted by molar-refractivity contribution is 5.85. The van der Waals surface area contributed by atoms with E-state index in [-0.39, 0.29) is 12.4 Å². The van der Waals surface area contributed by atoms with Crippen molar-refractivity contribution in [2.75, 3.05) is 27.2 Å². The van der Waals surface area contributed by atoms with Crippen LogP contribution in [-0.2, 0) is 4.79 Å². The highest BCUT2D eigenvalue weighted by atomic mass is 35.5.